The topological polar surface area (TPSA) is 64.4 Å². The van der Waals surface area contributed by atoms with Gasteiger partial charge in [-0.05, 0) is 18.4 Å². The van der Waals surface area contributed by atoms with E-state index in [-0.39, 0.29) is 11.9 Å². The van der Waals surface area contributed by atoms with Crippen molar-refractivity contribution >= 4 is 5.91 Å². The van der Waals surface area contributed by atoms with E-state index in [9.17, 15) is 4.79 Å². The summed E-state index contributed by atoms with van der Waals surface area (Å²) in [6.07, 6.45) is 5.57. The molecular formula is C16H24N2O2. The Balaban J connectivity index is 1.60. The SMILES string of the molecule is NC(CC(=O)NCCOC1CCCC1)c1ccccc1. The van der Waals surface area contributed by atoms with Gasteiger partial charge < -0.3 is 15.8 Å². The van der Waals surface area contributed by atoms with Crippen LogP contribution in [0, 0.1) is 0 Å². The van der Waals surface area contributed by atoms with Crippen LogP contribution in [0.1, 0.15) is 43.7 Å². The molecule has 1 aromatic rings. The van der Waals surface area contributed by atoms with Gasteiger partial charge in [0.2, 0.25) is 5.91 Å². The molecule has 4 heteroatoms. The summed E-state index contributed by atoms with van der Waals surface area (Å²) >= 11 is 0. The van der Waals surface area contributed by atoms with Crippen LogP contribution in [0.5, 0.6) is 0 Å². The first-order valence-electron chi connectivity index (χ1n) is 7.44. The smallest absolute Gasteiger partial charge is 0.221 e. The Morgan fingerprint density at radius 1 is 1.30 bits per heavy atom. The summed E-state index contributed by atoms with van der Waals surface area (Å²) in [6, 6.07) is 9.45. The summed E-state index contributed by atoms with van der Waals surface area (Å²) in [5, 5.41) is 2.86. The molecule has 1 aliphatic carbocycles. The minimum absolute atomic E-state index is 0.0172. The molecule has 1 saturated carbocycles. The fourth-order valence-corrected chi connectivity index (χ4v) is 2.56. The average Bonchev–Trinajstić information content (AvgIpc) is 2.98. The Morgan fingerprint density at radius 3 is 2.70 bits per heavy atom. The maximum Gasteiger partial charge on any atom is 0.221 e. The highest BCUT2D eigenvalue weighted by molar-refractivity contribution is 5.76. The van der Waals surface area contributed by atoms with Crippen LogP contribution in [0.15, 0.2) is 30.3 Å². The Labute approximate surface area is 120 Å². The van der Waals surface area contributed by atoms with Crippen LogP contribution in [-0.4, -0.2) is 25.2 Å². The van der Waals surface area contributed by atoms with Crippen molar-refractivity contribution < 1.29 is 9.53 Å². The summed E-state index contributed by atoms with van der Waals surface area (Å²) in [6.45, 7) is 1.16. The molecule has 0 heterocycles. The molecule has 1 unspecified atom stereocenters. The second kappa shape index (κ2) is 8.02. The van der Waals surface area contributed by atoms with Gasteiger partial charge in [-0.3, -0.25) is 4.79 Å². The summed E-state index contributed by atoms with van der Waals surface area (Å²) in [4.78, 5) is 11.8. The lowest BCUT2D eigenvalue weighted by Crippen LogP contribution is -2.31. The zero-order valence-corrected chi connectivity index (χ0v) is 11.9. The molecule has 0 bridgehead atoms. The zero-order valence-electron chi connectivity index (χ0n) is 11.9. The Kier molecular flexibility index (Phi) is 6.02. The maximum absolute atomic E-state index is 11.8. The Hall–Kier alpha value is -1.39. The van der Waals surface area contributed by atoms with E-state index in [4.69, 9.17) is 10.5 Å². The van der Waals surface area contributed by atoms with Gasteiger partial charge in [0.1, 0.15) is 0 Å². The number of hydrogen-bond donors (Lipinski definition) is 2. The lowest BCUT2D eigenvalue weighted by molar-refractivity contribution is -0.121. The second-order valence-corrected chi connectivity index (χ2v) is 5.35. The molecule has 1 amide bonds. The lowest BCUT2D eigenvalue weighted by atomic mass is 10.0. The van der Waals surface area contributed by atoms with Gasteiger partial charge in [0.05, 0.1) is 12.7 Å². The van der Waals surface area contributed by atoms with E-state index in [0.717, 1.165) is 18.4 Å². The molecule has 0 radical (unpaired) electrons. The molecule has 0 saturated heterocycles. The van der Waals surface area contributed by atoms with Crippen molar-refractivity contribution in [2.45, 2.75) is 44.2 Å². The number of ether oxygens (including phenoxy) is 1. The van der Waals surface area contributed by atoms with Crippen molar-refractivity contribution in [3.05, 3.63) is 35.9 Å². The van der Waals surface area contributed by atoms with Crippen LogP contribution in [0.25, 0.3) is 0 Å². The highest BCUT2D eigenvalue weighted by Gasteiger charge is 2.15. The number of benzene rings is 1. The molecule has 4 nitrogen and oxygen atoms in total. The molecule has 1 aromatic carbocycles. The van der Waals surface area contributed by atoms with Gasteiger partial charge in [0, 0.05) is 19.0 Å². The number of carbonyl (C=O) groups is 1. The summed E-state index contributed by atoms with van der Waals surface area (Å²) in [5.41, 5.74) is 7.00. The van der Waals surface area contributed by atoms with Crippen LogP contribution in [-0.2, 0) is 9.53 Å². The predicted octanol–water partition coefficient (Wildman–Crippen LogP) is 2.15. The van der Waals surface area contributed by atoms with E-state index in [0.29, 0.717) is 25.7 Å². The quantitative estimate of drug-likeness (QED) is 0.750. The van der Waals surface area contributed by atoms with E-state index < -0.39 is 0 Å². The number of carbonyl (C=O) groups excluding carboxylic acids is 1. The van der Waals surface area contributed by atoms with Crippen molar-refractivity contribution in [1.29, 1.82) is 0 Å². The minimum Gasteiger partial charge on any atom is -0.376 e. The Bertz CT molecular complexity index is 402. The monoisotopic (exact) mass is 276 g/mol. The van der Waals surface area contributed by atoms with Crippen LogP contribution in [0.2, 0.25) is 0 Å². The van der Waals surface area contributed by atoms with Gasteiger partial charge in [-0.15, -0.1) is 0 Å². The fourth-order valence-electron chi connectivity index (χ4n) is 2.56. The highest BCUT2D eigenvalue weighted by atomic mass is 16.5. The van der Waals surface area contributed by atoms with Crippen molar-refractivity contribution in [1.82, 2.24) is 5.32 Å². The molecule has 0 spiro atoms. The normalized spacial score (nSPS) is 17.1. The molecule has 2 rings (SSSR count). The molecule has 1 aliphatic rings. The largest absolute Gasteiger partial charge is 0.376 e. The van der Waals surface area contributed by atoms with Gasteiger partial charge in [-0.1, -0.05) is 43.2 Å². The first-order chi connectivity index (χ1) is 9.75. The number of nitrogens with one attached hydrogen (secondary N) is 1. The van der Waals surface area contributed by atoms with Gasteiger partial charge in [-0.2, -0.15) is 0 Å². The third-order valence-electron chi connectivity index (χ3n) is 3.71. The van der Waals surface area contributed by atoms with Gasteiger partial charge in [0.15, 0.2) is 0 Å². The summed E-state index contributed by atoms with van der Waals surface area (Å²) in [7, 11) is 0. The number of nitrogens with two attached hydrogens (primary N) is 1. The first kappa shape index (κ1) is 15.0. The maximum atomic E-state index is 11.8. The molecule has 20 heavy (non-hydrogen) atoms. The van der Waals surface area contributed by atoms with Crippen LogP contribution in [0.3, 0.4) is 0 Å². The molecular weight excluding hydrogens is 252 g/mol. The number of amides is 1. The summed E-state index contributed by atoms with van der Waals surface area (Å²) < 4.78 is 5.70. The predicted molar refractivity (Wildman–Crippen MR) is 79.2 cm³/mol. The van der Waals surface area contributed by atoms with Crippen LogP contribution < -0.4 is 11.1 Å². The van der Waals surface area contributed by atoms with Crippen molar-refractivity contribution in [3.63, 3.8) is 0 Å². The minimum atomic E-state index is -0.244. The molecule has 3 N–H and O–H groups in total. The third kappa shape index (κ3) is 4.94. The fraction of sp³-hybridized carbons (Fsp3) is 0.562. The highest BCUT2D eigenvalue weighted by Crippen LogP contribution is 2.20. The second-order valence-electron chi connectivity index (χ2n) is 5.35. The molecule has 110 valence electrons. The van der Waals surface area contributed by atoms with Crippen LogP contribution >= 0.6 is 0 Å². The third-order valence-corrected chi connectivity index (χ3v) is 3.71. The van der Waals surface area contributed by atoms with E-state index in [1.165, 1.54) is 12.8 Å². The molecule has 1 fully saturated rings. The van der Waals surface area contributed by atoms with E-state index in [1.807, 2.05) is 30.3 Å². The number of hydrogen-bond acceptors (Lipinski definition) is 3. The van der Waals surface area contributed by atoms with Crippen LogP contribution in [0.4, 0.5) is 0 Å². The average molecular weight is 276 g/mol. The van der Waals surface area contributed by atoms with E-state index >= 15 is 0 Å². The van der Waals surface area contributed by atoms with Crippen molar-refractivity contribution in [2.24, 2.45) is 5.73 Å². The lowest BCUT2D eigenvalue weighted by Gasteiger charge is -2.13. The zero-order chi connectivity index (χ0) is 14.2. The standard InChI is InChI=1S/C16H24N2O2/c17-15(13-6-2-1-3-7-13)12-16(19)18-10-11-20-14-8-4-5-9-14/h1-3,6-7,14-15H,4-5,8-12,17H2,(H,18,19). The van der Waals surface area contributed by atoms with E-state index in [1.54, 1.807) is 0 Å². The molecule has 0 aromatic heterocycles. The van der Waals surface area contributed by atoms with Gasteiger partial charge in [-0.25, -0.2) is 0 Å². The van der Waals surface area contributed by atoms with Crippen molar-refractivity contribution in [2.75, 3.05) is 13.2 Å². The molecule has 0 aliphatic heterocycles. The van der Waals surface area contributed by atoms with Gasteiger partial charge in [0.25, 0.3) is 0 Å². The van der Waals surface area contributed by atoms with Gasteiger partial charge >= 0.3 is 0 Å². The molecule has 1 atom stereocenters. The summed E-state index contributed by atoms with van der Waals surface area (Å²) in [5.74, 6) is -0.0172. The van der Waals surface area contributed by atoms with E-state index in [2.05, 4.69) is 5.32 Å². The van der Waals surface area contributed by atoms with Crippen molar-refractivity contribution in [3.8, 4) is 0 Å². The Morgan fingerprint density at radius 2 is 2.00 bits per heavy atom. The first-order valence-corrected chi connectivity index (χ1v) is 7.44. The number of rotatable bonds is 7.